The summed E-state index contributed by atoms with van der Waals surface area (Å²) < 4.78 is 16.2. The summed E-state index contributed by atoms with van der Waals surface area (Å²) in [5.74, 6) is -1.53. The summed E-state index contributed by atoms with van der Waals surface area (Å²) in [7, 11) is 1.26. The van der Waals surface area contributed by atoms with Gasteiger partial charge in [-0.05, 0) is 45.7 Å². The maximum Gasteiger partial charge on any atom is 0.356 e. The van der Waals surface area contributed by atoms with Gasteiger partial charge < -0.3 is 24.2 Å². The fourth-order valence-electron chi connectivity index (χ4n) is 3.95. The molecule has 1 aromatic rings. The van der Waals surface area contributed by atoms with Gasteiger partial charge in [-0.1, -0.05) is 22.9 Å². The van der Waals surface area contributed by atoms with Crippen molar-refractivity contribution in [3.63, 3.8) is 0 Å². The number of hydrogen-bond donors (Lipinski definition) is 1. The van der Waals surface area contributed by atoms with Gasteiger partial charge in [-0.25, -0.2) is 4.79 Å². The number of ether oxygens (including phenoxy) is 3. The molecule has 0 bridgehead atoms. The minimum atomic E-state index is -1.66. The quantitative estimate of drug-likeness (QED) is 0.809. The highest BCUT2D eigenvalue weighted by atomic mass is 16.8. The van der Waals surface area contributed by atoms with Gasteiger partial charge >= 0.3 is 5.97 Å². The van der Waals surface area contributed by atoms with Crippen LogP contribution in [0.4, 0.5) is 0 Å². The molecule has 27 heavy (non-hydrogen) atoms. The molecular weight excluding hydrogens is 350 g/mol. The first kappa shape index (κ1) is 19.8. The second-order valence-electron chi connectivity index (χ2n) is 7.77. The zero-order valence-electron chi connectivity index (χ0n) is 16.7. The third-order valence-electron chi connectivity index (χ3n) is 5.11. The molecule has 0 aliphatic carbocycles. The zero-order valence-corrected chi connectivity index (χ0v) is 16.7. The Balaban J connectivity index is 1.92. The smallest absolute Gasteiger partial charge is 0.356 e. The van der Waals surface area contributed by atoms with Crippen LogP contribution in [0.25, 0.3) is 0 Å². The molecule has 7 heteroatoms. The highest BCUT2D eigenvalue weighted by molar-refractivity contribution is 6.07. The molecule has 7 nitrogen and oxygen atoms in total. The lowest BCUT2D eigenvalue weighted by molar-refractivity contribution is -0.203. The summed E-state index contributed by atoms with van der Waals surface area (Å²) in [5.41, 5.74) is 3.07. The highest BCUT2D eigenvalue weighted by Gasteiger charge is 2.58. The zero-order chi connectivity index (χ0) is 20.0. The van der Waals surface area contributed by atoms with Crippen molar-refractivity contribution in [2.45, 2.75) is 64.6 Å². The number of hydrogen-bond acceptors (Lipinski definition) is 7. The van der Waals surface area contributed by atoms with Crippen LogP contribution >= 0.6 is 0 Å². The van der Waals surface area contributed by atoms with E-state index in [-0.39, 0.29) is 13.0 Å². The van der Waals surface area contributed by atoms with Gasteiger partial charge in [0.1, 0.15) is 12.2 Å². The van der Waals surface area contributed by atoms with E-state index < -0.39 is 29.6 Å². The van der Waals surface area contributed by atoms with Crippen molar-refractivity contribution in [3.05, 3.63) is 34.4 Å². The lowest BCUT2D eigenvalue weighted by atomic mass is 9.84. The van der Waals surface area contributed by atoms with E-state index in [1.54, 1.807) is 13.8 Å². The van der Waals surface area contributed by atoms with Crippen LogP contribution in [0.3, 0.4) is 0 Å². The van der Waals surface area contributed by atoms with E-state index in [1.807, 2.05) is 20.8 Å². The van der Waals surface area contributed by atoms with Crippen LogP contribution in [0.15, 0.2) is 17.3 Å². The van der Waals surface area contributed by atoms with Crippen LogP contribution in [0.2, 0.25) is 0 Å². The molecule has 0 amide bonds. The molecule has 3 atom stereocenters. The molecule has 1 fully saturated rings. The van der Waals surface area contributed by atoms with Crippen LogP contribution in [0.5, 0.6) is 0 Å². The summed E-state index contributed by atoms with van der Waals surface area (Å²) in [6.45, 7) is 9.65. The van der Waals surface area contributed by atoms with E-state index in [0.29, 0.717) is 5.71 Å². The molecule has 0 spiro atoms. The van der Waals surface area contributed by atoms with Crippen LogP contribution in [0, 0.1) is 20.8 Å². The van der Waals surface area contributed by atoms with Crippen molar-refractivity contribution in [1.82, 2.24) is 0 Å². The predicted octanol–water partition coefficient (Wildman–Crippen LogP) is 2.16. The molecular formula is C20H27NO6. The van der Waals surface area contributed by atoms with E-state index in [4.69, 9.17) is 19.0 Å². The van der Waals surface area contributed by atoms with Gasteiger partial charge in [0, 0.05) is 5.56 Å². The topological polar surface area (TPSA) is 86.6 Å². The Bertz CT molecular complexity index is 764. The van der Waals surface area contributed by atoms with E-state index >= 15 is 0 Å². The number of aliphatic hydroxyl groups is 1. The third-order valence-corrected chi connectivity index (χ3v) is 5.11. The molecule has 2 aliphatic heterocycles. The van der Waals surface area contributed by atoms with Crippen molar-refractivity contribution < 1.29 is 28.9 Å². The number of methoxy groups -OCH3 is 1. The lowest BCUT2D eigenvalue weighted by Crippen LogP contribution is -2.56. The van der Waals surface area contributed by atoms with E-state index in [0.717, 1.165) is 22.3 Å². The maximum absolute atomic E-state index is 12.6. The lowest BCUT2D eigenvalue weighted by Gasteiger charge is -2.32. The van der Waals surface area contributed by atoms with Crippen LogP contribution in [-0.2, 0) is 23.8 Å². The first-order chi connectivity index (χ1) is 12.6. The minimum absolute atomic E-state index is 0.0892. The summed E-state index contributed by atoms with van der Waals surface area (Å²) in [5, 5.41) is 15.1. The molecule has 0 unspecified atom stereocenters. The first-order valence-electron chi connectivity index (χ1n) is 9.01. The molecule has 0 saturated carbocycles. The Kier molecular flexibility index (Phi) is 5.05. The van der Waals surface area contributed by atoms with Gasteiger partial charge in [-0.2, -0.15) is 0 Å². The average molecular weight is 377 g/mol. The molecule has 2 heterocycles. The van der Waals surface area contributed by atoms with Crippen molar-refractivity contribution in [2.75, 3.05) is 13.7 Å². The Hall–Kier alpha value is -1.96. The molecule has 2 aliphatic rings. The summed E-state index contributed by atoms with van der Waals surface area (Å²) in [6.07, 6.45) is -1.93. The molecule has 1 N–H and O–H groups in total. The second kappa shape index (κ2) is 6.89. The predicted molar refractivity (Wildman–Crippen MR) is 98.5 cm³/mol. The number of carbonyl (C=O) groups excluding carboxylic acids is 1. The number of nitrogens with zero attached hydrogens (tertiary/aromatic N) is 1. The van der Waals surface area contributed by atoms with Crippen molar-refractivity contribution in [3.8, 4) is 0 Å². The fraction of sp³-hybridized carbons (Fsp3) is 0.600. The van der Waals surface area contributed by atoms with Crippen LogP contribution in [0.1, 0.15) is 42.5 Å². The first-order valence-corrected chi connectivity index (χ1v) is 9.01. The van der Waals surface area contributed by atoms with Gasteiger partial charge in [0.25, 0.3) is 5.60 Å². The standard InChI is InChI=1S/C20H27NO6/c1-11-7-12(2)16(13(3)8-11)14-9-20(27-21-14,18(23)24-6)17(22)15-10-25-19(4,5)26-15/h7-8,15,17,22H,9-10H2,1-6H3/t15-,17-,20+/m1/s1. The number of esters is 1. The monoisotopic (exact) mass is 377 g/mol. The normalized spacial score (nSPS) is 27.8. The van der Waals surface area contributed by atoms with Gasteiger partial charge in [0.05, 0.1) is 25.8 Å². The maximum atomic E-state index is 12.6. The number of rotatable bonds is 4. The van der Waals surface area contributed by atoms with Gasteiger partial charge in [-0.3, -0.25) is 0 Å². The highest BCUT2D eigenvalue weighted by Crippen LogP contribution is 2.37. The number of benzene rings is 1. The van der Waals surface area contributed by atoms with E-state index in [2.05, 4.69) is 17.3 Å². The molecule has 0 aromatic heterocycles. The van der Waals surface area contributed by atoms with E-state index in [1.165, 1.54) is 7.11 Å². The van der Waals surface area contributed by atoms with Crippen molar-refractivity contribution in [2.24, 2.45) is 5.16 Å². The van der Waals surface area contributed by atoms with Crippen molar-refractivity contribution >= 4 is 11.7 Å². The van der Waals surface area contributed by atoms with Crippen LogP contribution < -0.4 is 0 Å². The SMILES string of the molecule is COC(=O)[C@@]1([C@H](O)[C@H]2COC(C)(C)O2)CC(c2c(C)cc(C)cc2C)=NO1. The molecule has 1 saturated heterocycles. The Morgan fingerprint density at radius 2 is 1.93 bits per heavy atom. The number of aryl methyl sites for hydroxylation is 3. The third kappa shape index (κ3) is 3.47. The molecule has 3 rings (SSSR count). The Labute approximate surface area is 159 Å². The number of carbonyl (C=O) groups is 1. The van der Waals surface area contributed by atoms with Crippen LogP contribution in [-0.4, -0.2) is 54.1 Å². The Morgan fingerprint density at radius 3 is 2.44 bits per heavy atom. The summed E-state index contributed by atoms with van der Waals surface area (Å²) >= 11 is 0. The largest absolute Gasteiger partial charge is 0.466 e. The Morgan fingerprint density at radius 1 is 1.30 bits per heavy atom. The average Bonchev–Trinajstić information content (AvgIpc) is 3.17. The summed E-state index contributed by atoms with van der Waals surface area (Å²) in [6, 6.07) is 4.10. The van der Waals surface area contributed by atoms with Gasteiger partial charge in [-0.15, -0.1) is 0 Å². The van der Waals surface area contributed by atoms with E-state index in [9.17, 15) is 9.90 Å². The number of aliphatic hydroxyl groups excluding tert-OH is 1. The number of oxime groups is 1. The van der Waals surface area contributed by atoms with Crippen molar-refractivity contribution in [1.29, 1.82) is 0 Å². The second-order valence-corrected chi connectivity index (χ2v) is 7.77. The van der Waals surface area contributed by atoms with Gasteiger partial charge in [0.15, 0.2) is 5.79 Å². The molecule has 148 valence electrons. The molecule has 0 radical (unpaired) electrons. The fourth-order valence-corrected chi connectivity index (χ4v) is 3.95. The molecule has 1 aromatic carbocycles. The summed E-state index contributed by atoms with van der Waals surface area (Å²) in [4.78, 5) is 18.2. The minimum Gasteiger partial charge on any atom is -0.466 e. The van der Waals surface area contributed by atoms with Gasteiger partial charge in [0.2, 0.25) is 0 Å².